The van der Waals surface area contributed by atoms with Crippen molar-refractivity contribution in [3.8, 4) is 0 Å². The zero-order valence-electron chi connectivity index (χ0n) is 13.4. The molecule has 24 heavy (non-hydrogen) atoms. The second-order valence-corrected chi connectivity index (χ2v) is 5.97. The molecule has 1 aromatic carbocycles. The molecule has 2 aromatic heterocycles. The third-order valence-corrected chi connectivity index (χ3v) is 4.57. The Bertz CT molecular complexity index is 841. The summed E-state index contributed by atoms with van der Waals surface area (Å²) < 4.78 is 14.9. The van der Waals surface area contributed by atoms with Crippen LogP contribution in [0.2, 0.25) is 0 Å². The van der Waals surface area contributed by atoms with Gasteiger partial charge >= 0.3 is 0 Å². The van der Waals surface area contributed by atoms with Crippen LogP contribution in [0.1, 0.15) is 18.5 Å². The lowest BCUT2D eigenvalue weighted by Gasteiger charge is -2.38. The SMILES string of the molecule is C[C@@H](c1cccc(F)c1)N1CCN(c2ccc3nnnn3n2)CC1. The molecule has 7 nitrogen and oxygen atoms in total. The number of hydrogen-bond acceptors (Lipinski definition) is 6. The maximum Gasteiger partial charge on any atom is 0.200 e. The number of aromatic nitrogens is 5. The highest BCUT2D eigenvalue weighted by atomic mass is 19.1. The van der Waals surface area contributed by atoms with Crippen LogP contribution in [-0.4, -0.2) is 56.3 Å². The van der Waals surface area contributed by atoms with E-state index in [1.807, 2.05) is 18.2 Å². The molecule has 0 aliphatic carbocycles. The van der Waals surface area contributed by atoms with E-state index >= 15 is 0 Å². The van der Waals surface area contributed by atoms with Gasteiger partial charge in [-0.2, -0.15) is 0 Å². The van der Waals surface area contributed by atoms with Gasteiger partial charge in [0, 0.05) is 32.2 Å². The van der Waals surface area contributed by atoms with Gasteiger partial charge in [0.05, 0.1) is 0 Å². The van der Waals surface area contributed by atoms with Crippen LogP contribution in [0.15, 0.2) is 36.4 Å². The van der Waals surface area contributed by atoms with Crippen LogP contribution in [0.5, 0.6) is 0 Å². The maximum atomic E-state index is 13.4. The number of tetrazole rings is 1. The molecular formula is C16H18FN7. The highest BCUT2D eigenvalue weighted by Gasteiger charge is 2.23. The summed E-state index contributed by atoms with van der Waals surface area (Å²) >= 11 is 0. The van der Waals surface area contributed by atoms with Gasteiger partial charge in [0.15, 0.2) is 11.5 Å². The summed E-state index contributed by atoms with van der Waals surface area (Å²) in [7, 11) is 0. The first kappa shape index (κ1) is 14.9. The smallest absolute Gasteiger partial charge is 0.200 e. The van der Waals surface area contributed by atoms with Gasteiger partial charge in [-0.25, -0.2) is 4.39 Å². The molecule has 0 unspecified atom stereocenters. The van der Waals surface area contributed by atoms with E-state index in [-0.39, 0.29) is 11.9 Å². The summed E-state index contributed by atoms with van der Waals surface area (Å²) in [6.07, 6.45) is 0. The van der Waals surface area contributed by atoms with Gasteiger partial charge in [-0.1, -0.05) is 12.1 Å². The fourth-order valence-corrected chi connectivity index (χ4v) is 3.12. The molecule has 0 N–H and O–H groups in total. The van der Waals surface area contributed by atoms with E-state index in [4.69, 9.17) is 0 Å². The number of piperazine rings is 1. The van der Waals surface area contributed by atoms with Crippen LogP contribution in [0.25, 0.3) is 5.65 Å². The summed E-state index contributed by atoms with van der Waals surface area (Å²) in [4.78, 5) is 4.58. The van der Waals surface area contributed by atoms with Gasteiger partial charge in [-0.15, -0.1) is 14.8 Å². The van der Waals surface area contributed by atoms with Crippen molar-refractivity contribution in [2.75, 3.05) is 31.1 Å². The Balaban J connectivity index is 1.44. The van der Waals surface area contributed by atoms with Crippen molar-refractivity contribution < 1.29 is 4.39 Å². The summed E-state index contributed by atoms with van der Waals surface area (Å²) in [5.41, 5.74) is 1.65. The highest BCUT2D eigenvalue weighted by Crippen LogP contribution is 2.23. The van der Waals surface area contributed by atoms with Gasteiger partial charge in [0.25, 0.3) is 0 Å². The van der Waals surface area contributed by atoms with Crippen LogP contribution in [0, 0.1) is 5.82 Å². The van der Waals surface area contributed by atoms with Gasteiger partial charge in [0.2, 0.25) is 0 Å². The molecule has 8 heteroatoms. The molecular weight excluding hydrogens is 309 g/mol. The van der Waals surface area contributed by atoms with Gasteiger partial charge in [-0.05, 0) is 47.2 Å². The third-order valence-electron chi connectivity index (χ3n) is 4.57. The summed E-state index contributed by atoms with van der Waals surface area (Å²) in [6, 6.07) is 10.8. The van der Waals surface area contributed by atoms with E-state index in [0.29, 0.717) is 5.65 Å². The Kier molecular flexibility index (Phi) is 3.81. The third kappa shape index (κ3) is 2.80. The molecule has 1 aliphatic rings. The minimum absolute atomic E-state index is 0.183. The minimum Gasteiger partial charge on any atom is -0.353 e. The van der Waals surface area contributed by atoms with Crippen molar-refractivity contribution in [2.45, 2.75) is 13.0 Å². The number of benzene rings is 1. The topological polar surface area (TPSA) is 62.5 Å². The molecule has 0 amide bonds. The predicted octanol–water partition coefficient (Wildman–Crippen LogP) is 1.54. The first-order valence-corrected chi connectivity index (χ1v) is 8.00. The summed E-state index contributed by atoms with van der Waals surface area (Å²) in [5.74, 6) is 0.685. The number of fused-ring (bicyclic) bond motifs is 1. The van der Waals surface area contributed by atoms with Gasteiger partial charge in [0.1, 0.15) is 5.82 Å². The molecule has 1 aliphatic heterocycles. The van der Waals surface area contributed by atoms with E-state index in [1.54, 1.807) is 12.1 Å². The Morgan fingerprint density at radius 2 is 1.92 bits per heavy atom. The normalized spacial score (nSPS) is 17.3. The van der Waals surface area contributed by atoms with Crippen molar-refractivity contribution in [2.24, 2.45) is 0 Å². The molecule has 1 saturated heterocycles. The first-order chi connectivity index (χ1) is 11.7. The van der Waals surface area contributed by atoms with E-state index < -0.39 is 0 Å². The Morgan fingerprint density at radius 1 is 1.08 bits per heavy atom. The molecule has 4 rings (SSSR count). The second kappa shape index (κ2) is 6.12. The lowest BCUT2D eigenvalue weighted by molar-refractivity contribution is 0.197. The quantitative estimate of drug-likeness (QED) is 0.727. The van der Waals surface area contributed by atoms with Crippen molar-refractivity contribution in [3.63, 3.8) is 0 Å². The molecule has 1 fully saturated rings. The fraction of sp³-hybridized carbons (Fsp3) is 0.375. The van der Waals surface area contributed by atoms with Crippen LogP contribution in [-0.2, 0) is 0 Å². The van der Waals surface area contributed by atoms with Crippen molar-refractivity contribution in [3.05, 3.63) is 47.8 Å². The molecule has 0 radical (unpaired) electrons. The zero-order chi connectivity index (χ0) is 16.5. The Hall–Kier alpha value is -2.61. The Labute approximate surface area is 138 Å². The lowest BCUT2D eigenvalue weighted by Crippen LogP contribution is -2.47. The van der Waals surface area contributed by atoms with Gasteiger partial charge in [-0.3, -0.25) is 4.90 Å². The minimum atomic E-state index is -0.183. The first-order valence-electron chi connectivity index (χ1n) is 8.00. The molecule has 0 bridgehead atoms. The van der Waals surface area contributed by atoms with Gasteiger partial charge < -0.3 is 4.90 Å². The van der Waals surface area contributed by atoms with Crippen LogP contribution < -0.4 is 4.90 Å². The molecule has 3 heterocycles. The number of hydrogen-bond donors (Lipinski definition) is 0. The number of nitrogens with zero attached hydrogens (tertiary/aromatic N) is 7. The predicted molar refractivity (Wildman–Crippen MR) is 87.2 cm³/mol. The van der Waals surface area contributed by atoms with Crippen molar-refractivity contribution >= 4 is 11.5 Å². The monoisotopic (exact) mass is 327 g/mol. The largest absolute Gasteiger partial charge is 0.353 e. The van der Waals surface area contributed by atoms with E-state index in [2.05, 4.69) is 37.3 Å². The van der Waals surface area contributed by atoms with Crippen molar-refractivity contribution in [1.29, 1.82) is 0 Å². The molecule has 124 valence electrons. The molecule has 0 saturated carbocycles. The second-order valence-electron chi connectivity index (χ2n) is 5.97. The number of anilines is 1. The molecule has 0 spiro atoms. The standard InChI is InChI=1S/C16H18FN7/c1-12(13-3-2-4-14(17)11-13)22-7-9-23(10-8-22)16-6-5-15-18-20-21-24(15)19-16/h2-6,11-12H,7-10H2,1H3/t12-/m0/s1. The zero-order valence-corrected chi connectivity index (χ0v) is 13.4. The average Bonchev–Trinajstić information content (AvgIpc) is 3.09. The molecule has 3 aromatic rings. The van der Waals surface area contributed by atoms with Crippen LogP contribution >= 0.6 is 0 Å². The fourth-order valence-electron chi connectivity index (χ4n) is 3.12. The maximum absolute atomic E-state index is 13.4. The van der Waals surface area contributed by atoms with E-state index in [9.17, 15) is 4.39 Å². The summed E-state index contributed by atoms with van der Waals surface area (Å²) in [6.45, 7) is 5.64. The van der Waals surface area contributed by atoms with Crippen LogP contribution in [0.4, 0.5) is 10.2 Å². The highest BCUT2D eigenvalue weighted by molar-refractivity contribution is 5.44. The Morgan fingerprint density at radius 3 is 2.71 bits per heavy atom. The average molecular weight is 327 g/mol. The summed E-state index contributed by atoms with van der Waals surface area (Å²) in [5, 5.41) is 15.7. The van der Waals surface area contributed by atoms with Crippen molar-refractivity contribution in [1.82, 2.24) is 30.2 Å². The van der Waals surface area contributed by atoms with E-state index in [1.165, 1.54) is 10.7 Å². The van der Waals surface area contributed by atoms with E-state index in [0.717, 1.165) is 37.6 Å². The number of halogens is 1. The molecule has 1 atom stereocenters. The number of rotatable bonds is 3. The lowest BCUT2D eigenvalue weighted by atomic mass is 10.1. The van der Waals surface area contributed by atoms with Crippen LogP contribution in [0.3, 0.4) is 0 Å².